The Morgan fingerprint density at radius 1 is 0.443 bits per heavy atom. The fraction of sp³-hybridized carbons (Fsp3) is 0.303. The quantitative estimate of drug-likeness (QED) is 0.00969. The zero-order valence-corrected chi connectivity index (χ0v) is 91.6. The van der Waals surface area contributed by atoms with Crippen LogP contribution in [-0.2, 0) is 36.8 Å². The van der Waals surface area contributed by atoms with E-state index >= 15 is 0 Å². The third-order valence-electron chi connectivity index (χ3n) is 25.5. The topological polar surface area (TPSA) is 443 Å². The Balaban J connectivity index is 0.000000162. The van der Waals surface area contributed by atoms with Crippen LogP contribution in [0.25, 0.3) is 54.6 Å². The summed E-state index contributed by atoms with van der Waals surface area (Å²) in [5.74, 6) is -2.01. The molecule has 0 aliphatic carbocycles. The molecule has 768 valence electrons. The molecule has 2 radical (unpaired) electrons. The van der Waals surface area contributed by atoms with E-state index in [2.05, 4.69) is 173 Å². The number of halogens is 1. The van der Waals surface area contributed by atoms with Crippen molar-refractivity contribution in [3.8, 4) is 11.6 Å². The minimum atomic E-state index is -2.12. The number of aromatic nitrogens is 14. The number of Topliss-reactive ketones (excluding diaryl/α,β-unsaturated/α-hetero) is 2. The number of hydrogen-bond donors (Lipinski definition) is 8. The van der Waals surface area contributed by atoms with Crippen molar-refractivity contribution in [2.24, 2.45) is 0 Å². The molecule has 40 heteroatoms. The zero-order valence-electron chi connectivity index (χ0n) is 86.2. The van der Waals surface area contributed by atoms with Gasteiger partial charge in [-0.1, -0.05) is 160 Å². The van der Waals surface area contributed by atoms with Crippen molar-refractivity contribution in [1.29, 1.82) is 0 Å². The summed E-state index contributed by atoms with van der Waals surface area (Å²) < 4.78 is 24.9. The average molecular weight is 2200 g/mol. The van der Waals surface area contributed by atoms with E-state index in [9.17, 15) is 58.6 Å². The van der Waals surface area contributed by atoms with Crippen LogP contribution >= 0.6 is 23.6 Å². The molecule has 4 aliphatic rings. The molecule has 0 spiro atoms. The number of aromatic amines is 2. The monoisotopic (exact) mass is 2200 g/mol. The van der Waals surface area contributed by atoms with Crippen molar-refractivity contribution in [2.45, 2.75) is 141 Å². The summed E-state index contributed by atoms with van der Waals surface area (Å²) in [6.07, 6.45) is 30.0. The molecule has 10 aromatic heterocycles. The van der Waals surface area contributed by atoms with Crippen LogP contribution in [0.1, 0.15) is 179 Å². The minimum Gasteiger partial charge on any atom is -0.475 e. The number of carbonyl (C=O) groups excluding carboxylic acids is 5. The van der Waals surface area contributed by atoms with E-state index in [1.807, 2.05) is 118 Å². The summed E-state index contributed by atoms with van der Waals surface area (Å²) >= 11 is 1.58. The number of likely N-dealkylation sites (tertiary alicyclic amines) is 1. The number of nitrogens with one attached hydrogen (secondary N) is 2. The van der Waals surface area contributed by atoms with Gasteiger partial charge in [-0.15, -0.1) is 4.57 Å². The summed E-state index contributed by atoms with van der Waals surface area (Å²) in [6.45, 7) is 24.4. The Kier molecular flexibility index (Phi) is 42.4. The zero-order chi connectivity index (χ0) is 107. The number of benzene rings is 4. The Morgan fingerprint density at radius 3 is 1.11 bits per heavy atom. The fourth-order valence-electron chi connectivity index (χ4n) is 17.8. The van der Waals surface area contributed by atoms with Gasteiger partial charge in [0, 0.05) is 107 Å². The molecule has 4 saturated heterocycles. The van der Waals surface area contributed by atoms with Crippen LogP contribution in [0.3, 0.4) is 0 Å². The molecule has 14 aromatic rings. The number of fused-ring (bicyclic) bond motifs is 2. The van der Waals surface area contributed by atoms with E-state index in [4.69, 9.17) is 14.6 Å². The predicted molar refractivity (Wildman–Crippen MR) is 590 cm³/mol. The first-order valence-corrected chi connectivity index (χ1v) is 62.0. The molecule has 1 amide bonds. The number of aryl methyl sites for hydroxylation is 4. The number of aliphatic hydroxyl groups is 2. The van der Waals surface area contributed by atoms with Crippen LogP contribution in [0, 0.1) is 27.7 Å². The smallest absolute Gasteiger partial charge is 0.475 e. The van der Waals surface area contributed by atoms with E-state index in [1.165, 1.54) is 70.9 Å². The molecule has 33 nitrogen and oxygen atoms in total. The van der Waals surface area contributed by atoms with Gasteiger partial charge >= 0.3 is 135 Å². The molecule has 0 saturated carbocycles. The van der Waals surface area contributed by atoms with Gasteiger partial charge in [-0.3, -0.25) is 29.3 Å². The van der Waals surface area contributed by atoms with Crippen LogP contribution in [0.15, 0.2) is 255 Å². The van der Waals surface area contributed by atoms with Crippen LogP contribution in [-0.4, -0.2) is 274 Å². The number of aliphatic hydroxyl groups excluding tert-OH is 2. The first-order valence-electron chi connectivity index (χ1n) is 49.4. The van der Waals surface area contributed by atoms with Crippen molar-refractivity contribution in [2.75, 3.05) is 72.2 Å². The predicted octanol–water partition coefficient (Wildman–Crippen LogP) is 16.2. The van der Waals surface area contributed by atoms with E-state index in [0.717, 1.165) is 133 Å². The Bertz CT molecular complexity index is 7110. The fourth-order valence-corrected chi connectivity index (χ4v) is 21.5. The maximum absolute atomic E-state index is 13.5. The SMILES string of the molecule is CB(O)N1CCC(=C(Br)c2ccccc2)CC1.CB(O)N1CCC(=C(c2ccccc2)c2cncc(CO)c2)CC1.CCOC(=O)c1cnc[c]([Sn]([CH3])([CH3])[CH3])c1.CCOC(=O)c1cncc(C(=C2CCN(B(C)O)CC2)c2ccccc2)c1.Cc1ncn(-c2ncc(C)c3c(C(=O)C(=O)N4CCC(=C(c5ccccc5)c5cncc(CO)c5)CC4)c[nH]c23)n1.Cc1ncn(-c2ncc(C)c3c(C(=O)C(=O)O)c[nH]c23)n1.[B][P+](C)=O. The number of pyridine rings is 6. The van der Waals surface area contributed by atoms with Crippen molar-refractivity contribution in [3.05, 3.63) is 350 Å². The maximum Gasteiger partial charge on any atom is 0.502 e. The van der Waals surface area contributed by atoms with Crippen molar-refractivity contribution in [3.63, 3.8) is 0 Å². The van der Waals surface area contributed by atoms with Crippen molar-refractivity contribution >= 4 is 153 Å². The number of esters is 2. The Hall–Kier alpha value is -13.4. The molecule has 4 aromatic carbocycles. The first-order chi connectivity index (χ1) is 71.6. The van der Waals surface area contributed by atoms with Gasteiger partial charge in [-0.25, -0.2) is 38.9 Å². The third kappa shape index (κ3) is 31.0. The number of H-pyrrole nitrogens is 2. The molecular weight excluding hydrogens is 2070 g/mol. The van der Waals surface area contributed by atoms with Crippen LogP contribution in [0.5, 0.6) is 0 Å². The largest absolute Gasteiger partial charge is 0.502 e. The second-order valence-electron chi connectivity index (χ2n) is 37.1. The van der Waals surface area contributed by atoms with E-state index in [-0.39, 0.29) is 37.8 Å². The molecule has 8 N–H and O–H groups in total. The molecule has 149 heavy (non-hydrogen) atoms. The number of carbonyl (C=O) groups is 6. The van der Waals surface area contributed by atoms with Gasteiger partial charge < -0.3 is 64.4 Å². The Labute approximate surface area is 883 Å². The van der Waals surface area contributed by atoms with Gasteiger partial charge in [0.05, 0.1) is 47.5 Å². The second-order valence-corrected chi connectivity index (χ2v) is 53.5. The van der Waals surface area contributed by atoms with E-state index in [1.54, 1.807) is 113 Å². The summed E-state index contributed by atoms with van der Waals surface area (Å²) in [7, 11) is 2.10. The number of carboxylic acids is 1. The van der Waals surface area contributed by atoms with Crippen LogP contribution in [0.2, 0.25) is 35.3 Å². The van der Waals surface area contributed by atoms with Gasteiger partial charge in [-0.05, 0) is 225 Å². The summed E-state index contributed by atoms with van der Waals surface area (Å²) in [5, 5.41) is 66.8. The third-order valence-corrected chi connectivity index (χ3v) is 32.2. The van der Waals surface area contributed by atoms with Gasteiger partial charge in [-0.2, -0.15) is 10.2 Å². The molecule has 0 bridgehead atoms. The number of ether oxygens (including phenoxy) is 2. The molecular formula is C109H125B4BrN18O15PSn+. The number of carboxylic acid groups (broad SMARTS) is 1. The van der Waals surface area contributed by atoms with E-state index in [0.29, 0.717) is 106 Å². The maximum atomic E-state index is 13.5. The summed E-state index contributed by atoms with van der Waals surface area (Å²) in [4.78, 5) is 128. The number of piperidine rings is 4. The van der Waals surface area contributed by atoms with Gasteiger partial charge in [0.2, 0.25) is 0 Å². The first kappa shape index (κ1) is 114. The molecule has 1 unspecified atom stereocenters. The van der Waals surface area contributed by atoms with Gasteiger partial charge in [0.15, 0.2) is 11.6 Å². The molecule has 1 atom stereocenters. The number of nitrogens with zero attached hydrogens (tertiary/aromatic N) is 16. The molecule has 4 aliphatic heterocycles. The van der Waals surface area contributed by atoms with Crippen molar-refractivity contribution in [1.82, 2.24) is 88.7 Å². The number of amides is 1. The number of rotatable bonds is 23. The van der Waals surface area contributed by atoms with Crippen LogP contribution in [0.4, 0.5) is 0 Å². The number of aliphatic carboxylic acids is 1. The summed E-state index contributed by atoms with van der Waals surface area (Å²) in [6, 6.07) is 48.8. The van der Waals surface area contributed by atoms with Crippen molar-refractivity contribution < 1.29 is 73.2 Å². The number of hydrogen-bond acceptors (Lipinski definition) is 27. The van der Waals surface area contributed by atoms with Crippen LogP contribution < -0.4 is 3.58 Å². The molecule has 14 heterocycles. The second kappa shape index (κ2) is 55.2. The normalized spacial score (nSPS) is 13.8. The molecule has 4 fully saturated rings. The standard InChI is InChI=1S/C31H29N7O3.C21H25BN2O3.C19H23BN2O2.C13H17BBrNO.C13H11N5O3.C8H8NO2.CH3BOP.3CH3.Sn/c1-19-13-34-30(38-18-35-20(2)36-38)28-26(19)25(16-33-28)29(40)31(41)37-10-8-23(9-11-37)27(22-6-4-3-5-7-22)24-12-21(17-39)14-32-15-24;1-3-27-21(25)19-13-18(14-23-15-19)20(16-7-5-4-6-8-16)17-9-11-24(12-10-17)22(2)26;1-20(24)22-9-7-17(8-10-22)19(16-5-3-2-4-6-16)18-11-15(14-23)12-21-13-18;1-14(17)16-9-7-12(8-10-16)13(15)11-5-3-2-4-6-11;1-6-3-15-12(18-5-16-7(2)17-18)10-9(6)8(4-14-10)11(19)13(20)21;1-2-11-8(10)7-4-3-5-9-6-7;1-4(2)3;;;;/h3-7,12-16,18,33,39H,8-11,17H2,1-2H3;4-8,13-15,26H,3,9-12H2,1-2H3;2-6,11-13,23-24H,7-10,14H2,1H3;2-6,17H,7-10H2,1H3;3-5,14H,1-2H3,(H,20,21);4-6H,2H2,1H3;1H3;3*1H3;/q;;;;;;+1;;;;. The average Bonchev–Trinajstić information content (AvgIpc) is 1.62. The Morgan fingerprint density at radius 2 is 0.772 bits per heavy atom. The summed E-state index contributed by atoms with van der Waals surface area (Å²) in [5.41, 5.74) is 21.9. The van der Waals surface area contributed by atoms with Gasteiger partial charge in [0.1, 0.15) is 31.0 Å². The van der Waals surface area contributed by atoms with Gasteiger partial charge in [0.25, 0.3) is 25.2 Å². The molecule has 18 rings (SSSR count). The number of ketones is 2. The van der Waals surface area contributed by atoms with E-state index < -0.39 is 63.6 Å². The minimum absolute atomic E-state index is 0.00590.